The van der Waals surface area contributed by atoms with Crippen LogP contribution in [0.4, 0.5) is 0 Å². The van der Waals surface area contributed by atoms with Crippen molar-refractivity contribution in [2.45, 2.75) is 19.3 Å². The minimum Gasteiger partial charge on any atom is -0.337 e. The van der Waals surface area contributed by atoms with Crippen LogP contribution in [0.15, 0.2) is 78.5 Å². The summed E-state index contributed by atoms with van der Waals surface area (Å²) >= 11 is 0. The van der Waals surface area contributed by atoms with Crippen LogP contribution in [0.5, 0.6) is 0 Å². The van der Waals surface area contributed by atoms with Crippen molar-refractivity contribution in [3.8, 4) is 0 Å². The lowest BCUT2D eigenvalue weighted by Gasteiger charge is -2.27. The van der Waals surface area contributed by atoms with Crippen molar-refractivity contribution < 1.29 is 9.59 Å². The van der Waals surface area contributed by atoms with Crippen LogP contribution in [0.2, 0.25) is 0 Å². The molecule has 2 amide bonds. The molecule has 1 heterocycles. The van der Waals surface area contributed by atoms with Crippen LogP contribution in [0.3, 0.4) is 0 Å². The van der Waals surface area contributed by atoms with Gasteiger partial charge in [0.25, 0.3) is 11.8 Å². The Kier molecular flexibility index (Phi) is 5.71. The lowest BCUT2D eigenvalue weighted by Crippen LogP contribution is -2.41. The second-order valence-corrected chi connectivity index (χ2v) is 7.30. The van der Waals surface area contributed by atoms with E-state index in [0.29, 0.717) is 11.3 Å². The lowest BCUT2D eigenvalue weighted by molar-refractivity contribution is -0.128. The summed E-state index contributed by atoms with van der Waals surface area (Å²) in [6.07, 6.45) is 4.95. The highest BCUT2D eigenvalue weighted by Crippen LogP contribution is 2.22. The lowest BCUT2D eigenvalue weighted by atomic mass is 10.0. The molecule has 1 aliphatic heterocycles. The summed E-state index contributed by atoms with van der Waals surface area (Å²) in [7, 11) is 0. The van der Waals surface area contributed by atoms with Crippen LogP contribution in [-0.4, -0.2) is 29.8 Å². The highest BCUT2D eigenvalue weighted by atomic mass is 16.2. The molecular weight excluding hydrogens is 360 g/mol. The zero-order valence-electron chi connectivity index (χ0n) is 16.3. The smallest absolute Gasteiger partial charge is 0.270 e. The van der Waals surface area contributed by atoms with E-state index < -0.39 is 0 Å². The van der Waals surface area contributed by atoms with Gasteiger partial charge in [-0.3, -0.25) is 9.59 Å². The van der Waals surface area contributed by atoms with Gasteiger partial charge >= 0.3 is 0 Å². The van der Waals surface area contributed by atoms with Gasteiger partial charge in [-0.15, -0.1) is 0 Å². The predicted molar refractivity (Wildman–Crippen MR) is 116 cm³/mol. The number of nitrogens with zero attached hydrogens (tertiary/aromatic N) is 1. The number of carbonyl (C=O) groups is 2. The fraction of sp³-hybridized carbons (Fsp3) is 0.200. The van der Waals surface area contributed by atoms with Gasteiger partial charge in [0.05, 0.1) is 0 Å². The number of likely N-dealkylation sites (tertiary alicyclic amines) is 1. The maximum absolute atomic E-state index is 13.2. The number of carbonyl (C=O) groups excluding carboxylic acids is 2. The van der Waals surface area contributed by atoms with Crippen LogP contribution in [0.25, 0.3) is 16.8 Å². The Labute approximate surface area is 170 Å². The summed E-state index contributed by atoms with van der Waals surface area (Å²) < 4.78 is 0. The molecule has 1 N–H and O–H groups in total. The van der Waals surface area contributed by atoms with Gasteiger partial charge in [0.2, 0.25) is 0 Å². The fourth-order valence-corrected chi connectivity index (χ4v) is 3.73. The van der Waals surface area contributed by atoms with Crippen LogP contribution in [0, 0.1) is 0 Å². The minimum atomic E-state index is -0.276. The Morgan fingerprint density at radius 2 is 1.48 bits per heavy atom. The van der Waals surface area contributed by atoms with Crippen molar-refractivity contribution in [3.63, 3.8) is 0 Å². The largest absolute Gasteiger partial charge is 0.337 e. The van der Waals surface area contributed by atoms with Crippen LogP contribution >= 0.6 is 0 Å². The average Bonchev–Trinajstić information content (AvgIpc) is 2.79. The molecule has 4 nitrogen and oxygen atoms in total. The Morgan fingerprint density at radius 1 is 0.793 bits per heavy atom. The molecule has 0 aromatic heterocycles. The van der Waals surface area contributed by atoms with E-state index in [0.717, 1.165) is 48.7 Å². The maximum atomic E-state index is 13.2. The number of rotatable bonds is 4. The van der Waals surface area contributed by atoms with Gasteiger partial charge in [-0.1, -0.05) is 60.7 Å². The predicted octanol–water partition coefficient (Wildman–Crippen LogP) is 4.62. The van der Waals surface area contributed by atoms with Crippen molar-refractivity contribution in [1.29, 1.82) is 0 Å². The molecule has 1 aliphatic rings. The Hall–Kier alpha value is -3.40. The number of fused-ring (bicyclic) bond motifs is 1. The SMILES string of the molecule is O=C(NC(=Cc1cccc2ccccc12)C(=O)N1CCCCC1)c1ccccc1. The van der Waals surface area contributed by atoms with E-state index in [4.69, 9.17) is 0 Å². The van der Waals surface area contributed by atoms with E-state index >= 15 is 0 Å². The summed E-state index contributed by atoms with van der Waals surface area (Å²) in [6, 6.07) is 23.0. The molecule has 0 radical (unpaired) electrons. The molecule has 4 rings (SSSR count). The Bertz CT molecular complexity index is 1050. The first-order valence-corrected chi connectivity index (χ1v) is 10.1. The third-order valence-electron chi connectivity index (χ3n) is 5.28. The summed E-state index contributed by atoms with van der Waals surface area (Å²) in [6.45, 7) is 1.46. The number of hydrogen-bond acceptors (Lipinski definition) is 2. The fourth-order valence-electron chi connectivity index (χ4n) is 3.73. The molecular formula is C25H24N2O2. The van der Waals surface area contributed by atoms with E-state index in [1.165, 1.54) is 0 Å². The Morgan fingerprint density at radius 3 is 2.28 bits per heavy atom. The zero-order chi connectivity index (χ0) is 20.1. The molecule has 29 heavy (non-hydrogen) atoms. The van der Waals surface area contributed by atoms with Crippen molar-refractivity contribution >= 4 is 28.7 Å². The Balaban J connectivity index is 1.71. The third-order valence-corrected chi connectivity index (χ3v) is 5.28. The van der Waals surface area contributed by atoms with E-state index in [9.17, 15) is 9.59 Å². The summed E-state index contributed by atoms with van der Waals surface area (Å²) in [5.41, 5.74) is 1.76. The van der Waals surface area contributed by atoms with E-state index in [-0.39, 0.29) is 11.8 Å². The van der Waals surface area contributed by atoms with Crippen LogP contribution < -0.4 is 5.32 Å². The van der Waals surface area contributed by atoms with E-state index in [1.54, 1.807) is 18.2 Å². The molecule has 4 heteroatoms. The summed E-state index contributed by atoms with van der Waals surface area (Å²) in [5.74, 6) is -0.399. The number of amides is 2. The topological polar surface area (TPSA) is 49.4 Å². The third kappa shape index (κ3) is 4.37. The van der Waals surface area contributed by atoms with Crippen LogP contribution in [-0.2, 0) is 4.79 Å². The molecule has 0 aliphatic carbocycles. The molecule has 3 aromatic rings. The highest BCUT2D eigenvalue weighted by molar-refractivity contribution is 6.06. The van der Waals surface area contributed by atoms with Gasteiger partial charge in [0, 0.05) is 18.7 Å². The minimum absolute atomic E-state index is 0.123. The van der Waals surface area contributed by atoms with Crippen LogP contribution in [0.1, 0.15) is 35.2 Å². The monoisotopic (exact) mass is 384 g/mol. The molecule has 0 saturated carbocycles. The molecule has 0 bridgehead atoms. The molecule has 1 fully saturated rings. The van der Waals surface area contributed by atoms with Crippen molar-refractivity contribution in [2.75, 3.05) is 13.1 Å². The average molecular weight is 384 g/mol. The molecule has 1 saturated heterocycles. The number of benzene rings is 3. The number of nitrogens with one attached hydrogen (secondary N) is 1. The van der Waals surface area contributed by atoms with E-state index in [1.807, 2.05) is 65.6 Å². The zero-order valence-corrected chi connectivity index (χ0v) is 16.3. The maximum Gasteiger partial charge on any atom is 0.270 e. The van der Waals surface area contributed by atoms with Gasteiger partial charge in [-0.05, 0) is 53.8 Å². The molecule has 0 unspecified atom stereocenters. The summed E-state index contributed by atoms with van der Waals surface area (Å²) in [5, 5.41) is 5.02. The number of hydrogen-bond donors (Lipinski definition) is 1. The van der Waals surface area contributed by atoms with Gasteiger partial charge in [-0.2, -0.15) is 0 Å². The molecule has 0 spiro atoms. The molecule has 0 atom stereocenters. The van der Waals surface area contributed by atoms with Crippen molar-refractivity contribution in [3.05, 3.63) is 89.6 Å². The number of piperidine rings is 1. The van der Waals surface area contributed by atoms with Crippen molar-refractivity contribution in [1.82, 2.24) is 10.2 Å². The van der Waals surface area contributed by atoms with Gasteiger partial charge in [-0.25, -0.2) is 0 Å². The van der Waals surface area contributed by atoms with Crippen molar-refractivity contribution in [2.24, 2.45) is 0 Å². The van der Waals surface area contributed by atoms with Gasteiger partial charge < -0.3 is 10.2 Å². The second kappa shape index (κ2) is 8.74. The van der Waals surface area contributed by atoms with Gasteiger partial charge in [0.1, 0.15) is 5.70 Å². The first-order valence-electron chi connectivity index (χ1n) is 10.1. The molecule has 146 valence electrons. The quantitative estimate of drug-likeness (QED) is 0.667. The standard InChI is InChI=1S/C25H24N2O2/c28-24(20-11-3-1-4-12-20)26-23(25(29)27-16-7-2-8-17-27)18-21-14-9-13-19-10-5-6-15-22(19)21/h1,3-6,9-15,18H,2,7-8,16-17H2,(H,26,28). The van der Waals surface area contributed by atoms with Gasteiger partial charge in [0.15, 0.2) is 0 Å². The normalized spacial score (nSPS) is 14.6. The second-order valence-electron chi connectivity index (χ2n) is 7.30. The first-order chi connectivity index (χ1) is 14.2. The highest BCUT2D eigenvalue weighted by Gasteiger charge is 2.22. The first kappa shape index (κ1) is 18.9. The summed E-state index contributed by atoms with van der Waals surface area (Å²) in [4.78, 5) is 27.9. The van der Waals surface area contributed by atoms with E-state index in [2.05, 4.69) is 5.32 Å². The molecule has 3 aromatic carbocycles.